The zero-order valence-corrected chi connectivity index (χ0v) is 54.2. The van der Waals surface area contributed by atoms with E-state index in [2.05, 4.69) is 40.7 Å². The Bertz CT molecular complexity index is 2660. The molecule has 0 aromatic carbocycles. The van der Waals surface area contributed by atoms with Crippen molar-refractivity contribution in [3.8, 4) is 0 Å². The van der Waals surface area contributed by atoms with Crippen LogP contribution in [-0.4, -0.2) is 315 Å². The maximum atomic E-state index is 15.5. The van der Waals surface area contributed by atoms with Gasteiger partial charge in [0, 0.05) is 5.41 Å². The van der Waals surface area contributed by atoms with E-state index in [1.807, 2.05) is 0 Å². The molecule has 0 spiro atoms. The highest BCUT2D eigenvalue weighted by molar-refractivity contribution is 5.80. The smallest absolute Gasteiger partial charge is 0.317 e. The van der Waals surface area contributed by atoms with E-state index >= 15 is 4.79 Å². The van der Waals surface area contributed by atoms with Crippen molar-refractivity contribution < 1.29 is 154 Å². The maximum Gasteiger partial charge on any atom is 0.317 e. The first-order valence-electron chi connectivity index (χ1n) is 33.1. The summed E-state index contributed by atoms with van der Waals surface area (Å²) >= 11 is 0. The molecule has 540 valence electrons. The van der Waals surface area contributed by atoms with Crippen LogP contribution in [0.3, 0.4) is 0 Å². The van der Waals surface area contributed by atoms with Crippen molar-refractivity contribution in [2.75, 3.05) is 33.0 Å². The molecule has 0 amide bonds. The topological polar surface area (TPSA) is 492 Å². The fourth-order valence-corrected chi connectivity index (χ4v) is 18.8. The third-order valence-electron chi connectivity index (χ3n) is 24.5. The normalized spacial score (nSPS) is 56.1. The van der Waals surface area contributed by atoms with Crippen molar-refractivity contribution in [2.45, 2.75) is 291 Å². The third-order valence-corrected chi connectivity index (χ3v) is 24.5. The van der Waals surface area contributed by atoms with E-state index in [0.29, 0.717) is 32.1 Å². The molecule has 0 bridgehead atoms. The van der Waals surface area contributed by atoms with Gasteiger partial charge in [0.15, 0.2) is 37.6 Å². The quantitative estimate of drug-likeness (QED) is 0.0438. The second kappa shape index (κ2) is 27.1. The van der Waals surface area contributed by atoms with Gasteiger partial charge in [-0.25, -0.2) is 0 Å². The van der Waals surface area contributed by atoms with Gasteiger partial charge in [0.25, 0.3) is 0 Å². The fourth-order valence-electron chi connectivity index (χ4n) is 18.8. The lowest BCUT2D eigenvalue weighted by atomic mass is 9.33. The number of allylic oxidation sites excluding steroid dienone is 2. The Morgan fingerprint density at radius 3 is 1.71 bits per heavy atom. The van der Waals surface area contributed by atoms with Crippen LogP contribution in [0, 0.1) is 50.2 Å². The fraction of sp³-hybridized carbons (Fsp3) is 0.952. The van der Waals surface area contributed by atoms with Crippen LogP contribution in [0.1, 0.15) is 107 Å². The van der Waals surface area contributed by atoms with Crippen LogP contribution in [0.15, 0.2) is 11.6 Å². The van der Waals surface area contributed by atoms with Crippen LogP contribution in [0.5, 0.6) is 0 Å². The van der Waals surface area contributed by atoms with Gasteiger partial charge in [0.05, 0.1) is 63.6 Å². The highest BCUT2D eigenvalue weighted by Gasteiger charge is 2.73. The maximum absolute atomic E-state index is 15.5. The minimum atomic E-state index is -2.00. The molecule has 0 radical (unpaired) electrons. The van der Waals surface area contributed by atoms with Crippen LogP contribution in [0.4, 0.5) is 0 Å². The molecular formula is C63H102O31. The zero-order valence-electron chi connectivity index (χ0n) is 54.2. The first-order chi connectivity index (χ1) is 44.0. The lowest BCUT2D eigenvalue weighted by Gasteiger charge is -2.72. The highest BCUT2D eigenvalue weighted by atomic mass is 16.8. The summed E-state index contributed by atoms with van der Waals surface area (Å²) in [4.78, 5) is 15.5. The van der Waals surface area contributed by atoms with E-state index in [9.17, 15) is 91.9 Å². The van der Waals surface area contributed by atoms with Crippen molar-refractivity contribution in [1.29, 1.82) is 0 Å². The Balaban J connectivity index is 0.795. The van der Waals surface area contributed by atoms with Gasteiger partial charge in [-0.2, -0.15) is 0 Å². The van der Waals surface area contributed by atoms with Crippen LogP contribution in [0.25, 0.3) is 0 Å². The van der Waals surface area contributed by atoms with Crippen LogP contribution in [0.2, 0.25) is 0 Å². The molecule has 18 N–H and O–H groups in total. The average Bonchev–Trinajstić information content (AvgIpc) is 0.670. The summed E-state index contributed by atoms with van der Waals surface area (Å²) in [6, 6.07) is 0. The van der Waals surface area contributed by atoms with Crippen molar-refractivity contribution in [2.24, 2.45) is 50.2 Å². The Morgan fingerprint density at radius 2 is 1.05 bits per heavy atom. The van der Waals surface area contributed by atoms with Gasteiger partial charge in [0.1, 0.15) is 115 Å². The molecule has 0 aromatic heterocycles. The minimum absolute atomic E-state index is 0.0855. The molecule has 38 atom stereocenters. The summed E-state index contributed by atoms with van der Waals surface area (Å²) in [5, 5.41) is 200. The van der Waals surface area contributed by atoms with Crippen molar-refractivity contribution in [3.05, 3.63) is 11.6 Å². The molecule has 5 aliphatic carbocycles. The number of hydrogen-bond donors (Lipinski definition) is 18. The van der Waals surface area contributed by atoms with Crippen LogP contribution < -0.4 is 0 Å². The van der Waals surface area contributed by atoms with Crippen molar-refractivity contribution in [3.63, 3.8) is 0 Å². The first kappa shape index (κ1) is 73.3. The van der Waals surface area contributed by atoms with Crippen molar-refractivity contribution in [1.82, 2.24) is 0 Å². The Labute approximate surface area is 543 Å². The predicted molar refractivity (Wildman–Crippen MR) is 311 cm³/mol. The summed E-state index contributed by atoms with van der Waals surface area (Å²) in [6.45, 7) is 12.5. The van der Waals surface area contributed by atoms with Crippen LogP contribution >= 0.6 is 0 Å². The van der Waals surface area contributed by atoms with Gasteiger partial charge in [-0.15, -0.1) is 0 Å². The average molecular weight is 1360 g/mol. The molecule has 11 aliphatic rings. The van der Waals surface area contributed by atoms with Gasteiger partial charge in [0.2, 0.25) is 6.29 Å². The second-order valence-electron chi connectivity index (χ2n) is 30.6. The summed E-state index contributed by atoms with van der Waals surface area (Å²) < 4.78 is 70.7. The molecule has 6 heterocycles. The van der Waals surface area contributed by atoms with Gasteiger partial charge >= 0.3 is 5.97 Å². The van der Waals surface area contributed by atoms with Gasteiger partial charge in [-0.05, 0) is 105 Å². The lowest BCUT2D eigenvalue weighted by Crippen LogP contribution is -2.71. The van der Waals surface area contributed by atoms with Gasteiger partial charge in [-0.3, -0.25) is 4.79 Å². The number of hydrogen-bond acceptors (Lipinski definition) is 31. The van der Waals surface area contributed by atoms with Crippen LogP contribution in [-0.2, 0) is 61.6 Å². The predicted octanol–water partition coefficient (Wildman–Crippen LogP) is -5.50. The van der Waals surface area contributed by atoms with Gasteiger partial charge in [-0.1, -0.05) is 53.2 Å². The van der Waals surface area contributed by atoms with Gasteiger partial charge < -0.3 is 149 Å². The second-order valence-corrected chi connectivity index (χ2v) is 30.6. The Kier molecular flexibility index (Phi) is 21.1. The largest absolute Gasteiger partial charge is 0.432 e. The number of carbonyl (C=O) groups excluding carboxylic acids is 1. The van der Waals surface area contributed by atoms with E-state index in [1.165, 1.54) is 13.8 Å². The molecule has 31 nitrogen and oxygen atoms in total. The molecular weight excluding hydrogens is 1250 g/mol. The number of ether oxygens (including phenoxy) is 12. The number of fused-ring (bicyclic) bond motifs is 7. The third kappa shape index (κ3) is 12.2. The molecule has 11 rings (SSSR count). The van der Waals surface area contributed by atoms with E-state index in [4.69, 9.17) is 56.8 Å². The number of carbonyl (C=O) groups is 1. The monoisotopic (exact) mass is 1350 g/mol. The molecule has 6 aliphatic heterocycles. The summed E-state index contributed by atoms with van der Waals surface area (Å²) in [5.41, 5.74) is -4.38. The summed E-state index contributed by atoms with van der Waals surface area (Å²) in [7, 11) is 0. The molecule has 0 unspecified atom stereocenters. The van der Waals surface area contributed by atoms with E-state index in [-0.39, 0.29) is 36.5 Å². The number of aliphatic hydroxyl groups excluding tert-OH is 18. The highest BCUT2D eigenvalue weighted by Crippen LogP contribution is 2.76. The molecule has 4 saturated carbocycles. The van der Waals surface area contributed by atoms with E-state index < -0.39 is 256 Å². The van der Waals surface area contributed by atoms with E-state index in [1.54, 1.807) is 6.92 Å². The lowest BCUT2D eigenvalue weighted by molar-refractivity contribution is -0.377. The zero-order chi connectivity index (χ0) is 68.6. The Morgan fingerprint density at radius 1 is 0.500 bits per heavy atom. The SMILES string of the molecule is C[C@@H]1O[C@@H](O[C@@H]2[C@@H](O)[C@H](O[C@@H]3[C@@H](O)[C@@H](O)[C@H](O[C@H]4[C@H](OC(=O)[C@]56CCC(C)(C)C[C@H]5C5=CC[C@@H]7[C@@]8(C)C[C@H](O)[C@H](O[C@@H]9O[C@H](CO)[C@@H](O)[C@H](O[C@@H]%10OC[C@@H](O)[C@H](O)[C@H]%10O)[C@H]9O)[C@@](C)(CO)[C@@H]8CC[C@@]7(C)[C@]5(C)C[C@H]6O)OC[C@H](O)[C@@H]4O)O[C@H]3C)OC[C@H]2O)[C@H](O)[C@H](O)[C@H]1O. The number of aliphatic hydroxyl groups is 18. The summed E-state index contributed by atoms with van der Waals surface area (Å²) in [6.07, 6.45) is -43.3. The standard InChI is InChI=1S/C63H102O31/c1-23-35(71)39(75)42(78)53(86-23)90-47-30(69)21-84-52(44(47)80)89-46-24(2)87-54(43(79)40(46)76)92-49-37(73)29(68)20-85-56(49)94-57(82)63-14-13-58(3,4)15-26(63)25-9-10-33-59(5)16-27(66)50(60(6,22-65)32(59)11-12-61(33,7)62(25,8)17-34(63)70)93-55-45(81)48(38(74)31(18-64)88-55)91-51-41(77)36(72)28(67)19-83-51/h9,23-24,26-56,64-81H,10-22H2,1-8H3/t23-,24-,26-,27-,28+,29-,30+,31+,32+,33+,34+,35-,36-,37-,38+,39+,40-,41+,42+,43+,44+,45+,46-,47-,48-,49+,50-,51-,52-,53-,54-,55-,56-,59-,60-,61+,62+,63+/m0/s1. The Hall–Kier alpha value is -1.95. The molecule has 10 fully saturated rings. The molecule has 31 heteroatoms. The van der Waals surface area contributed by atoms with E-state index in [0.717, 1.165) is 5.57 Å². The number of esters is 1. The number of rotatable bonds is 14. The summed E-state index contributed by atoms with van der Waals surface area (Å²) in [5.74, 6) is -2.05. The minimum Gasteiger partial charge on any atom is -0.432 e. The van der Waals surface area contributed by atoms with Crippen molar-refractivity contribution >= 4 is 5.97 Å². The molecule has 94 heavy (non-hydrogen) atoms. The molecule has 6 saturated heterocycles. The first-order valence-corrected chi connectivity index (χ1v) is 33.1. The molecule has 0 aromatic rings.